The van der Waals surface area contributed by atoms with Crippen LogP contribution in [0, 0.1) is 13.8 Å². The molecule has 0 radical (unpaired) electrons. The molecule has 2 aromatic rings. The number of hydrogen-bond donors (Lipinski definition) is 1. The van der Waals surface area contributed by atoms with Gasteiger partial charge in [0.1, 0.15) is 0 Å². The molecule has 0 aliphatic carbocycles. The zero-order valence-electron chi connectivity index (χ0n) is 14.9. The number of thioether (sulfide) groups is 1. The summed E-state index contributed by atoms with van der Waals surface area (Å²) in [6.07, 6.45) is -2.53. The van der Waals surface area contributed by atoms with Crippen molar-refractivity contribution in [3.63, 3.8) is 0 Å². The number of aryl methyl sites for hydroxylation is 1. The van der Waals surface area contributed by atoms with Gasteiger partial charge in [0.15, 0.2) is 5.78 Å². The molecule has 1 aliphatic rings. The normalized spacial score (nSPS) is 17.6. The third-order valence-electron chi connectivity index (χ3n) is 4.53. The second-order valence-corrected chi connectivity index (χ2v) is 7.36. The fraction of sp³-hybridized carbons (Fsp3) is 0.562. The lowest BCUT2D eigenvalue weighted by molar-refractivity contribution is -0.146. The van der Waals surface area contributed by atoms with Gasteiger partial charge < -0.3 is 15.1 Å². The number of ether oxygens (including phenoxy) is 1. The van der Waals surface area contributed by atoms with E-state index >= 15 is 0 Å². The van der Waals surface area contributed by atoms with Crippen molar-refractivity contribution < 1.29 is 22.7 Å². The Morgan fingerprint density at radius 1 is 1.41 bits per heavy atom. The monoisotopic (exact) mass is 403 g/mol. The Morgan fingerprint density at radius 3 is 2.74 bits per heavy atom. The van der Waals surface area contributed by atoms with Crippen LogP contribution in [0.1, 0.15) is 40.4 Å². The molecule has 148 valence electrons. The minimum atomic E-state index is -4.70. The van der Waals surface area contributed by atoms with Gasteiger partial charge in [-0.15, -0.1) is 10.2 Å². The lowest BCUT2D eigenvalue weighted by Crippen LogP contribution is -2.21. The summed E-state index contributed by atoms with van der Waals surface area (Å²) in [7, 11) is 0. The number of rotatable bonds is 6. The van der Waals surface area contributed by atoms with Crippen LogP contribution in [0.2, 0.25) is 0 Å². The number of nitrogens with zero attached hydrogens (tertiary/aromatic N) is 4. The van der Waals surface area contributed by atoms with Crippen molar-refractivity contribution in [2.75, 3.05) is 18.2 Å². The second-order valence-electron chi connectivity index (χ2n) is 6.42. The number of Topliss-reactive ketones (excluding diaryl/α,β-unsaturated/α-hetero) is 1. The Kier molecular flexibility index (Phi) is 5.52. The van der Waals surface area contributed by atoms with Gasteiger partial charge in [0.05, 0.1) is 11.9 Å². The molecule has 0 aromatic carbocycles. The molecule has 7 nitrogen and oxygen atoms in total. The Bertz CT molecular complexity index is 840. The predicted octanol–water partition coefficient (Wildman–Crippen LogP) is 2.58. The molecule has 1 saturated heterocycles. The average Bonchev–Trinajstić information content (AvgIpc) is 3.29. The largest absolute Gasteiger partial charge is 0.453 e. The van der Waals surface area contributed by atoms with Crippen molar-refractivity contribution in [1.82, 2.24) is 19.4 Å². The zero-order valence-corrected chi connectivity index (χ0v) is 15.7. The van der Waals surface area contributed by atoms with E-state index in [-0.39, 0.29) is 22.8 Å². The molecule has 0 unspecified atom stereocenters. The smallest absolute Gasteiger partial charge is 0.376 e. The molecule has 3 heterocycles. The third-order valence-corrected chi connectivity index (χ3v) is 5.48. The minimum absolute atomic E-state index is 0.0859. The van der Waals surface area contributed by atoms with Crippen molar-refractivity contribution in [3.05, 3.63) is 28.8 Å². The highest BCUT2D eigenvalue weighted by Crippen LogP contribution is 2.29. The Balaban J connectivity index is 1.69. The van der Waals surface area contributed by atoms with E-state index in [0.29, 0.717) is 16.8 Å². The van der Waals surface area contributed by atoms with Gasteiger partial charge in [-0.2, -0.15) is 13.2 Å². The summed E-state index contributed by atoms with van der Waals surface area (Å²) in [5.41, 5.74) is 2.30. The van der Waals surface area contributed by atoms with Crippen molar-refractivity contribution in [3.8, 4) is 0 Å². The number of carbonyl (C=O) groups is 1. The molecule has 27 heavy (non-hydrogen) atoms. The maximum Gasteiger partial charge on any atom is 0.453 e. The lowest BCUT2D eigenvalue weighted by atomic mass is 10.2. The fourth-order valence-electron chi connectivity index (χ4n) is 3.13. The first-order valence-corrected chi connectivity index (χ1v) is 9.39. The Hall–Kier alpha value is -2.01. The number of aromatic nitrogens is 4. The van der Waals surface area contributed by atoms with Crippen molar-refractivity contribution in [2.45, 2.75) is 50.7 Å². The van der Waals surface area contributed by atoms with E-state index in [4.69, 9.17) is 10.6 Å². The van der Waals surface area contributed by atoms with Crippen LogP contribution in [0.15, 0.2) is 11.2 Å². The van der Waals surface area contributed by atoms with Crippen molar-refractivity contribution in [1.29, 1.82) is 0 Å². The van der Waals surface area contributed by atoms with E-state index < -0.39 is 12.0 Å². The highest BCUT2D eigenvalue weighted by atomic mass is 32.2. The molecule has 2 N–H and O–H groups in total. The van der Waals surface area contributed by atoms with Crippen LogP contribution in [-0.4, -0.2) is 43.7 Å². The number of nitrogen functional groups attached to an aromatic ring is 1. The van der Waals surface area contributed by atoms with Crippen LogP contribution in [0.5, 0.6) is 0 Å². The summed E-state index contributed by atoms with van der Waals surface area (Å²) in [6, 6.07) is 1.79. The van der Waals surface area contributed by atoms with Gasteiger partial charge in [-0.25, -0.2) is 4.68 Å². The van der Waals surface area contributed by atoms with Crippen LogP contribution in [0.4, 0.5) is 13.2 Å². The Labute approximate surface area is 158 Å². The van der Waals surface area contributed by atoms with Crippen LogP contribution >= 0.6 is 11.8 Å². The average molecular weight is 403 g/mol. The van der Waals surface area contributed by atoms with Crippen molar-refractivity contribution >= 4 is 17.5 Å². The number of carbonyl (C=O) groups excluding carboxylic acids is 1. The van der Waals surface area contributed by atoms with Gasteiger partial charge in [0.2, 0.25) is 5.16 Å². The maximum absolute atomic E-state index is 12.7. The number of halogens is 3. The number of nitrogens with two attached hydrogens (primary N) is 1. The van der Waals surface area contributed by atoms with Gasteiger partial charge in [-0.05, 0) is 32.8 Å². The van der Waals surface area contributed by atoms with E-state index in [1.54, 1.807) is 6.07 Å². The van der Waals surface area contributed by atoms with Crippen LogP contribution in [0.3, 0.4) is 0 Å². The minimum Gasteiger partial charge on any atom is -0.376 e. The van der Waals surface area contributed by atoms with E-state index in [1.165, 1.54) is 0 Å². The number of alkyl halides is 3. The number of ketones is 1. The van der Waals surface area contributed by atoms with Gasteiger partial charge >= 0.3 is 6.18 Å². The van der Waals surface area contributed by atoms with E-state index in [0.717, 1.165) is 42.6 Å². The standard InChI is InChI=1S/C16H20F3N5O2S/c1-9-6-12(10(2)23(9)7-11-4-3-5-26-11)13(25)8-27-15-22-21-14(24(15)20)16(17,18)19/h6,11H,3-5,7-8,20H2,1-2H3/t11-/m0/s1. The SMILES string of the molecule is Cc1cc(C(=O)CSc2nnc(C(F)(F)F)n2N)c(C)n1C[C@@H]1CCCO1. The van der Waals surface area contributed by atoms with Gasteiger partial charge in [-0.1, -0.05) is 11.8 Å². The molecule has 0 amide bonds. The molecule has 3 rings (SSSR count). The lowest BCUT2D eigenvalue weighted by Gasteiger charge is -2.14. The van der Waals surface area contributed by atoms with E-state index in [2.05, 4.69) is 10.2 Å². The first-order chi connectivity index (χ1) is 12.7. The highest BCUT2D eigenvalue weighted by Gasteiger charge is 2.38. The molecule has 1 fully saturated rings. The molecule has 0 spiro atoms. The first-order valence-electron chi connectivity index (χ1n) is 8.40. The topological polar surface area (TPSA) is 88.0 Å². The summed E-state index contributed by atoms with van der Waals surface area (Å²) in [6.45, 7) is 5.21. The fourth-order valence-corrected chi connectivity index (χ4v) is 3.87. The summed E-state index contributed by atoms with van der Waals surface area (Å²) < 4.78 is 46.2. The highest BCUT2D eigenvalue weighted by molar-refractivity contribution is 7.99. The molecule has 11 heteroatoms. The molecule has 1 atom stereocenters. The Morgan fingerprint density at radius 2 is 2.15 bits per heavy atom. The first kappa shape index (κ1) is 19.7. The van der Waals surface area contributed by atoms with Gasteiger partial charge in [-0.3, -0.25) is 4.79 Å². The van der Waals surface area contributed by atoms with Gasteiger partial charge in [0, 0.05) is 30.1 Å². The summed E-state index contributed by atoms with van der Waals surface area (Å²) in [5.74, 6) is 3.80. The van der Waals surface area contributed by atoms with Crippen molar-refractivity contribution in [2.24, 2.45) is 0 Å². The molecule has 0 bridgehead atoms. The second kappa shape index (κ2) is 7.55. The van der Waals surface area contributed by atoms with E-state index in [9.17, 15) is 18.0 Å². The maximum atomic E-state index is 12.7. The molecule has 1 aliphatic heterocycles. The molecular formula is C16H20F3N5O2S. The molecule has 2 aromatic heterocycles. The van der Waals surface area contributed by atoms with Crippen LogP contribution in [0.25, 0.3) is 0 Å². The number of hydrogen-bond acceptors (Lipinski definition) is 6. The zero-order chi connectivity index (χ0) is 19.8. The molecular weight excluding hydrogens is 383 g/mol. The van der Waals surface area contributed by atoms with Crippen LogP contribution < -0.4 is 5.84 Å². The quantitative estimate of drug-likeness (QED) is 0.453. The van der Waals surface area contributed by atoms with E-state index in [1.807, 2.05) is 18.4 Å². The third kappa shape index (κ3) is 4.13. The van der Waals surface area contributed by atoms with Gasteiger partial charge in [0.25, 0.3) is 5.82 Å². The van der Waals surface area contributed by atoms with Crippen LogP contribution in [-0.2, 0) is 17.5 Å². The predicted molar refractivity (Wildman–Crippen MR) is 93.1 cm³/mol. The summed E-state index contributed by atoms with van der Waals surface area (Å²) in [5, 5.41) is 6.30. The molecule has 0 saturated carbocycles. The summed E-state index contributed by atoms with van der Waals surface area (Å²) >= 11 is 0.825. The summed E-state index contributed by atoms with van der Waals surface area (Å²) in [4.78, 5) is 12.6.